The molecule has 0 aliphatic heterocycles. The molecule has 0 spiro atoms. The van der Waals surface area contributed by atoms with E-state index in [1.165, 1.54) is 11.8 Å². The number of aliphatic carboxylic acids is 1. The van der Waals surface area contributed by atoms with Gasteiger partial charge in [0.05, 0.1) is 17.5 Å². The number of H-pyrrole nitrogens is 1. The highest BCUT2D eigenvalue weighted by Gasteiger charge is 2.11. The summed E-state index contributed by atoms with van der Waals surface area (Å²) < 4.78 is 0. The Morgan fingerprint density at radius 2 is 1.87 bits per heavy atom. The molecule has 2 aromatic carbocycles. The van der Waals surface area contributed by atoms with Gasteiger partial charge in [-0.05, 0) is 18.2 Å². The molecule has 0 radical (unpaired) electrons. The highest BCUT2D eigenvalue weighted by Crippen LogP contribution is 2.22. The number of fused-ring (bicyclic) bond motifs is 1. The van der Waals surface area contributed by atoms with Crippen LogP contribution >= 0.6 is 11.8 Å². The van der Waals surface area contributed by atoms with Crippen molar-refractivity contribution < 1.29 is 14.7 Å². The zero-order valence-electron chi connectivity index (χ0n) is 12.2. The van der Waals surface area contributed by atoms with E-state index < -0.39 is 5.97 Å². The quantitative estimate of drug-likeness (QED) is 0.536. The summed E-state index contributed by atoms with van der Waals surface area (Å²) in [7, 11) is 0. The molecule has 0 saturated heterocycles. The number of carbonyl (C=O) groups is 2. The largest absolute Gasteiger partial charge is 0.481 e. The Hall–Kier alpha value is -2.60. The second kappa shape index (κ2) is 6.66. The lowest BCUT2D eigenvalue weighted by Gasteiger charge is -2.00. The molecule has 0 fully saturated rings. The van der Waals surface area contributed by atoms with Gasteiger partial charge in [-0.25, -0.2) is 4.98 Å². The molecule has 1 aromatic heterocycles. The Morgan fingerprint density at radius 1 is 1.09 bits per heavy atom. The minimum absolute atomic E-state index is 0.0396. The summed E-state index contributed by atoms with van der Waals surface area (Å²) in [6, 6.07) is 14.4. The number of benzene rings is 2. The molecule has 0 bridgehead atoms. The average Bonchev–Trinajstić information content (AvgIpc) is 2.96. The van der Waals surface area contributed by atoms with Gasteiger partial charge in [0.25, 0.3) is 0 Å². The Balaban J connectivity index is 1.82. The molecule has 0 aliphatic rings. The van der Waals surface area contributed by atoms with Crippen LogP contribution in [0.2, 0.25) is 0 Å². The maximum atomic E-state index is 12.4. The smallest absolute Gasteiger partial charge is 0.304 e. The van der Waals surface area contributed by atoms with Gasteiger partial charge in [0.15, 0.2) is 10.9 Å². The van der Waals surface area contributed by atoms with Crippen molar-refractivity contribution in [3.8, 4) is 0 Å². The predicted molar refractivity (Wildman–Crippen MR) is 88.9 cm³/mol. The highest BCUT2D eigenvalue weighted by molar-refractivity contribution is 7.99. The lowest BCUT2D eigenvalue weighted by atomic mass is 10.0. The van der Waals surface area contributed by atoms with Crippen LogP contribution < -0.4 is 0 Å². The third-order valence-corrected chi connectivity index (χ3v) is 4.19. The summed E-state index contributed by atoms with van der Waals surface area (Å²) in [5.74, 6) is -0.420. The number of imidazole rings is 1. The van der Waals surface area contributed by atoms with Gasteiger partial charge in [0, 0.05) is 16.9 Å². The van der Waals surface area contributed by atoms with Gasteiger partial charge >= 0.3 is 5.97 Å². The zero-order chi connectivity index (χ0) is 16.2. The molecule has 0 atom stereocenters. The van der Waals surface area contributed by atoms with E-state index in [0.717, 1.165) is 11.0 Å². The molecule has 3 rings (SSSR count). The molecule has 5 nitrogen and oxygen atoms in total. The summed E-state index contributed by atoms with van der Waals surface area (Å²) in [5, 5.41) is 9.31. The number of thioether (sulfide) groups is 1. The first-order chi connectivity index (χ1) is 11.1. The highest BCUT2D eigenvalue weighted by atomic mass is 32.2. The zero-order valence-corrected chi connectivity index (χ0v) is 13.0. The molecule has 2 N–H and O–H groups in total. The predicted octanol–water partition coefficient (Wildman–Crippen LogP) is 3.36. The van der Waals surface area contributed by atoms with Gasteiger partial charge in [-0.3, -0.25) is 9.59 Å². The summed E-state index contributed by atoms with van der Waals surface area (Å²) in [6.07, 6.45) is 0.0828. The van der Waals surface area contributed by atoms with Gasteiger partial charge in [-0.2, -0.15) is 0 Å². The van der Waals surface area contributed by atoms with Crippen LogP contribution in [0, 0.1) is 0 Å². The van der Waals surface area contributed by atoms with Crippen LogP contribution in [0.3, 0.4) is 0 Å². The van der Waals surface area contributed by atoms with E-state index in [2.05, 4.69) is 9.97 Å². The first-order valence-electron chi connectivity index (χ1n) is 7.07. The number of aromatic amines is 1. The van der Waals surface area contributed by atoms with E-state index in [1.54, 1.807) is 30.3 Å². The number of ketones is 1. The Bertz CT molecular complexity index is 859. The number of carboxylic acids is 1. The molecule has 116 valence electrons. The number of nitrogens with one attached hydrogen (secondary N) is 1. The Morgan fingerprint density at radius 3 is 2.61 bits per heavy atom. The first kappa shape index (κ1) is 15.3. The van der Waals surface area contributed by atoms with Crippen LogP contribution in [0.1, 0.15) is 22.3 Å². The van der Waals surface area contributed by atoms with Crippen molar-refractivity contribution in [1.82, 2.24) is 9.97 Å². The lowest BCUT2D eigenvalue weighted by molar-refractivity contribution is -0.136. The molecule has 0 amide bonds. The fourth-order valence-corrected chi connectivity index (χ4v) is 3.00. The second-order valence-corrected chi connectivity index (χ2v) is 6.04. The molecule has 1 heterocycles. The van der Waals surface area contributed by atoms with Gasteiger partial charge in [0.1, 0.15) is 0 Å². The van der Waals surface area contributed by atoms with Crippen molar-refractivity contribution in [2.45, 2.75) is 11.6 Å². The topological polar surface area (TPSA) is 83.0 Å². The van der Waals surface area contributed by atoms with Gasteiger partial charge < -0.3 is 10.1 Å². The van der Waals surface area contributed by atoms with Gasteiger partial charge in [-0.1, -0.05) is 42.1 Å². The van der Waals surface area contributed by atoms with Gasteiger partial charge in [0.2, 0.25) is 0 Å². The number of nitrogens with zero attached hydrogens (tertiary/aromatic N) is 1. The van der Waals surface area contributed by atoms with Crippen LogP contribution in [0.5, 0.6) is 0 Å². The number of carbonyl (C=O) groups excluding carboxylic acids is 1. The van der Waals surface area contributed by atoms with Crippen LogP contribution in [-0.4, -0.2) is 32.6 Å². The van der Waals surface area contributed by atoms with E-state index in [0.29, 0.717) is 22.0 Å². The van der Waals surface area contributed by atoms with E-state index in [-0.39, 0.29) is 12.2 Å². The summed E-state index contributed by atoms with van der Waals surface area (Å²) in [5.41, 5.74) is 2.76. The summed E-state index contributed by atoms with van der Waals surface area (Å²) in [4.78, 5) is 30.5. The molecule has 3 aromatic rings. The minimum atomic E-state index is -0.829. The summed E-state index contributed by atoms with van der Waals surface area (Å²) >= 11 is 1.35. The number of hydrogen-bond acceptors (Lipinski definition) is 4. The third kappa shape index (κ3) is 3.60. The SMILES string of the molecule is O=C(O)CCSc1nc2ccc(C(=O)c3ccccc3)cc2[nH]1. The van der Waals surface area contributed by atoms with Crippen molar-refractivity contribution in [1.29, 1.82) is 0 Å². The number of aromatic nitrogens is 2. The molecule has 0 saturated carbocycles. The third-order valence-electron chi connectivity index (χ3n) is 3.31. The van der Waals surface area contributed by atoms with Crippen LogP contribution in [-0.2, 0) is 4.79 Å². The average molecular weight is 326 g/mol. The van der Waals surface area contributed by atoms with Gasteiger partial charge in [-0.15, -0.1) is 0 Å². The Kier molecular flexibility index (Phi) is 4.43. The molecule has 0 unspecified atom stereocenters. The minimum Gasteiger partial charge on any atom is -0.481 e. The first-order valence-corrected chi connectivity index (χ1v) is 8.06. The van der Waals surface area contributed by atoms with Crippen molar-refractivity contribution in [3.63, 3.8) is 0 Å². The number of carboxylic acid groups (broad SMARTS) is 1. The monoisotopic (exact) mass is 326 g/mol. The van der Waals surface area contributed by atoms with Crippen molar-refractivity contribution in [2.75, 3.05) is 5.75 Å². The van der Waals surface area contributed by atoms with Crippen LogP contribution in [0.4, 0.5) is 0 Å². The van der Waals surface area contributed by atoms with Crippen LogP contribution in [0.25, 0.3) is 11.0 Å². The van der Waals surface area contributed by atoms with Crippen molar-refractivity contribution >= 4 is 34.5 Å². The molecular formula is C17H14N2O3S. The van der Waals surface area contributed by atoms with Crippen molar-refractivity contribution in [2.24, 2.45) is 0 Å². The summed E-state index contributed by atoms with van der Waals surface area (Å²) in [6.45, 7) is 0. The second-order valence-electron chi connectivity index (χ2n) is 4.96. The van der Waals surface area contributed by atoms with E-state index in [4.69, 9.17) is 5.11 Å². The number of rotatable bonds is 6. The number of hydrogen-bond donors (Lipinski definition) is 2. The van der Waals surface area contributed by atoms with E-state index >= 15 is 0 Å². The molecule has 0 aliphatic carbocycles. The maximum Gasteiger partial charge on any atom is 0.304 e. The van der Waals surface area contributed by atoms with Crippen LogP contribution in [0.15, 0.2) is 53.7 Å². The maximum absolute atomic E-state index is 12.4. The normalized spacial score (nSPS) is 10.8. The van der Waals surface area contributed by atoms with E-state index in [9.17, 15) is 9.59 Å². The molecule has 23 heavy (non-hydrogen) atoms. The lowest BCUT2D eigenvalue weighted by Crippen LogP contribution is -2.00. The molecular weight excluding hydrogens is 312 g/mol. The fourth-order valence-electron chi connectivity index (χ4n) is 2.19. The molecule has 6 heteroatoms. The fraction of sp³-hybridized carbons (Fsp3) is 0.118. The standard InChI is InChI=1S/C17H14N2O3S/c20-15(21)8-9-23-17-18-13-7-6-12(10-14(13)19-17)16(22)11-4-2-1-3-5-11/h1-7,10H,8-9H2,(H,18,19)(H,20,21). The van der Waals surface area contributed by atoms with E-state index in [1.807, 2.05) is 18.2 Å². The van der Waals surface area contributed by atoms with Crippen molar-refractivity contribution in [3.05, 3.63) is 59.7 Å². The Labute approximate surface area is 136 Å².